The lowest BCUT2D eigenvalue weighted by Crippen LogP contribution is -2.41. The number of nitrogens with one attached hydrogen (secondary N) is 2. The van der Waals surface area contributed by atoms with Crippen molar-refractivity contribution in [3.05, 3.63) is 48.5 Å². The molecule has 0 aromatic heterocycles. The molecule has 0 fully saturated rings. The highest BCUT2D eigenvalue weighted by molar-refractivity contribution is 7.80. The van der Waals surface area contributed by atoms with Crippen molar-refractivity contribution in [3.8, 4) is 11.5 Å². The summed E-state index contributed by atoms with van der Waals surface area (Å²) in [7, 11) is 4.94. The van der Waals surface area contributed by atoms with E-state index in [1.807, 2.05) is 62.4 Å². The standard InChI is InChI=1S/C38H80N.C17H20N2O2S/c1-5-7-9-11-13-15-17-19-21-23-25-27-29-31-33-35-37-39(3,4)38-36-34-32-30-28-26-24-22-20-18-16-14-12-10-8-6-2;1-3-20-15-9-5-13(6-10-15)18-17(22)19-14-7-11-16(12-8-14)21-4-2/h5-38H2,1-4H3;5-12H,3-4H2,1-2H3,(H2,18,19,22)/q+1;. The summed E-state index contributed by atoms with van der Waals surface area (Å²) in [6.07, 6.45) is 46.9. The maximum Gasteiger partial charge on any atom is 0.175 e. The van der Waals surface area contributed by atoms with E-state index < -0.39 is 0 Å². The second-order valence-corrected chi connectivity index (χ2v) is 18.9. The van der Waals surface area contributed by atoms with E-state index in [-0.39, 0.29) is 0 Å². The quantitative estimate of drug-likeness (QED) is 0.0397. The Bertz CT molecular complexity index is 1130. The number of anilines is 2. The summed E-state index contributed by atoms with van der Waals surface area (Å²) in [5.41, 5.74) is 1.82. The van der Waals surface area contributed by atoms with Crippen molar-refractivity contribution >= 4 is 28.7 Å². The minimum atomic E-state index is 0.535. The molecule has 0 spiro atoms. The van der Waals surface area contributed by atoms with Gasteiger partial charge >= 0.3 is 0 Å². The molecule has 6 heteroatoms. The first-order valence-corrected chi connectivity index (χ1v) is 26.6. The average molecular weight is 867 g/mol. The summed E-state index contributed by atoms with van der Waals surface area (Å²) in [4.78, 5) is 0. The van der Waals surface area contributed by atoms with Gasteiger partial charge in [0.15, 0.2) is 5.11 Å². The van der Waals surface area contributed by atoms with E-state index in [2.05, 4.69) is 38.6 Å². The van der Waals surface area contributed by atoms with Gasteiger partial charge in [0.2, 0.25) is 0 Å². The van der Waals surface area contributed by atoms with Crippen LogP contribution in [-0.4, -0.2) is 50.0 Å². The molecule has 2 aromatic rings. The molecule has 2 rings (SSSR count). The van der Waals surface area contributed by atoms with Gasteiger partial charge in [-0.3, -0.25) is 0 Å². The van der Waals surface area contributed by atoms with E-state index >= 15 is 0 Å². The lowest BCUT2D eigenvalue weighted by atomic mass is 10.0. The van der Waals surface area contributed by atoms with Gasteiger partial charge in [-0.2, -0.15) is 0 Å². The highest BCUT2D eigenvalue weighted by atomic mass is 32.1. The first kappa shape index (κ1) is 56.7. The Morgan fingerprint density at radius 1 is 0.377 bits per heavy atom. The molecule has 0 atom stereocenters. The topological polar surface area (TPSA) is 42.5 Å². The zero-order valence-electron chi connectivity index (χ0n) is 41.2. The van der Waals surface area contributed by atoms with Crippen molar-refractivity contribution in [3.63, 3.8) is 0 Å². The second-order valence-electron chi connectivity index (χ2n) is 18.5. The monoisotopic (exact) mass is 867 g/mol. The Morgan fingerprint density at radius 3 is 0.836 bits per heavy atom. The third kappa shape index (κ3) is 36.8. The van der Waals surface area contributed by atoms with E-state index in [4.69, 9.17) is 21.7 Å². The van der Waals surface area contributed by atoms with Crippen molar-refractivity contribution in [2.24, 2.45) is 0 Å². The maximum absolute atomic E-state index is 5.40. The Kier molecular flexibility index (Phi) is 38.8. The summed E-state index contributed by atoms with van der Waals surface area (Å²) in [6.45, 7) is 12.6. The number of rotatable bonds is 40. The fourth-order valence-corrected chi connectivity index (χ4v) is 8.42. The van der Waals surface area contributed by atoms with Crippen LogP contribution in [0.25, 0.3) is 0 Å². The third-order valence-corrected chi connectivity index (χ3v) is 12.3. The molecule has 0 amide bonds. The number of unbranched alkanes of at least 4 members (excludes halogenated alkanes) is 30. The van der Waals surface area contributed by atoms with Crippen LogP contribution in [0.15, 0.2) is 48.5 Å². The third-order valence-electron chi connectivity index (χ3n) is 12.1. The van der Waals surface area contributed by atoms with Crippen molar-refractivity contribution < 1.29 is 14.0 Å². The van der Waals surface area contributed by atoms with Crippen molar-refractivity contribution in [1.29, 1.82) is 0 Å². The van der Waals surface area contributed by atoms with Gasteiger partial charge < -0.3 is 24.6 Å². The molecule has 0 saturated carbocycles. The number of nitrogens with zero attached hydrogens (tertiary/aromatic N) is 1. The summed E-state index contributed by atoms with van der Waals surface area (Å²) in [5, 5.41) is 6.80. The largest absolute Gasteiger partial charge is 0.494 e. The van der Waals surface area contributed by atoms with Crippen LogP contribution in [0.3, 0.4) is 0 Å². The van der Waals surface area contributed by atoms with Crippen LogP contribution in [0.5, 0.6) is 11.5 Å². The zero-order valence-corrected chi connectivity index (χ0v) is 42.1. The van der Waals surface area contributed by atoms with Gasteiger partial charge in [-0.05, 0) is 100 Å². The average Bonchev–Trinajstić information content (AvgIpc) is 3.25. The van der Waals surface area contributed by atoms with Crippen molar-refractivity contribution in [2.75, 3.05) is 51.0 Å². The molecule has 0 saturated heterocycles. The molecular weight excluding hydrogens is 767 g/mol. The molecule has 2 N–H and O–H groups in total. The molecule has 0 aliphatic heterocycles. The van der Waals surface area contributed by atoms with Gasteiger partial charge in [-0.25, -0.2) is 0 Å². The van der Waals surface area contributed by atoms with Crippen LogP contribution in [0.2, 0.25) is 0 Å². The minimum Gasteiger partial charge on any atom is -0.494 e. The highest BCUT2D eigenvalue weighted by Gasteiger charge is 2.13. The smallest absolute Gasteiger partial charge is 0.175 e. The molecule has 0 unspecified atom stereocenters. The van der Waals surface area contributed by atoms with Crippen LogP contribution in [0, 0.1) is 0 Å². The van der Waals surface area contributed by atoms with Crippen molar-refractivity contribution in [2.45, 2.75) is 233 Å². The van der Waals surface area contributed by atoms with E-state index in [1.165, 1.54) is 223 Å². The fourth-order valence-electron chi connectivity index (χ4n) is 8.18. The Morgan fingerprint density at radius 2 is 0.607 bits per heavy atom. The number of hydrogen-bond acceptors (Lipinski definition) is 3. The molecule has 0 heterocycles. The van der Waals surface area contributed by atoms with Gasteiger partial charge in [-0.15, -0.1) is 0 Å². The van der Waals surface area contributed by atoms with E-state index in [9.17, 15) is 0 Å². The van der Waals surface area contributed by atoms with E-state index in [1.54, 1.807) is 0 Å². The molecular formula is C55H100N3O2S+. The van der Waals surface area contributed by atoms with Crippen LogP contribution < -0.4 is 20.1 Å². The normalized spacial score (nSPS) is 11.2. The highest BCUT2D eigenvalue weighted by Crippen LogP contribution is 2.20. The summed E-state index contributed by atoms with van der Waals surface area (Å²) < 4.78 is 12.1. The van der Waals surface area contributed by atoms with E-state index in [0.29, 0.717) is 18.3 Å². The maximum atomic E-state index is 5.40. The van der Waals surface area contributed by atoms with Gasteiger partial charge in [-0.1, -0.05) is 194 Å². The number of quaternary nitrogens is 1. The SMILES string of the molecule is CCCCCCCCCCCCCCCCCC[N+](C)(C)CCCCCCCCCCCCCCCCCC.CCOc1ccc(NC(=S)Nc2ccc(OCC)cc2)cc1. The number of benzene rings is 2. The molecule has 352 valence electrons. The molecule has 0 aliphatic rings. The summed E-state index contributed by atoms with van der Waals surface area (Å²) in [5.74, 6) is 1.69. The van der Waals surface area contributed by atoms with Crippen LogP contribution >= 0.6 is 12.2 Å². The van der Waals surface area contributed by atoms with Crippen molar-refractivity contribution in [1.82, 2.24) is 0 Å². The molecule has 2 aromatic carbocycles. The van der Waals surface area contributed by atoms with Gasteiger partial charge in [0.05, 0.1) is 40.4 Å². The molecule has 5 nitrogen and oxygen atoms in total. The van der Waals surface area contributed by atoms with Gasteiger partial charge in [0.1, 0.15) is 11.5 Å². The number of hydrogen-bond donors (Lipinski definition) is 2. The van der Waals surface area contributed by atoms with E-state index in [0.717, 1.165) is 22.9 Å². The van der Waals surface area contributed by atoms with Crippen LogP contribution in [0.4, 0.5) is 11.4 Å². The second kappa shape index (κ2) is 41.7. The van der Waals surface area contributed by atoms with Gasteiger partial charge in [0.25, 0.3) is 0 Å². The van der Waals surface area contributed by atoms with Crippen LogP contribution in [-0.2, 0) is 0 Å². The lowest BCUT2D eigenvalue weighted by Gasteiger charge is -2.30. The number of ether oxygens (including phenoxy) is 2. The summed E-state index contributed by atoms with van der Waals surface area (Å²) >= 11 is 5.30. The molecule has 0 aliphatic carbocycles. The predicted molar refractivity (Wildman–Crippen MR) is 276 cm³/mol. The zero-order chi connectivity index (χ0) is 44.3. The minimum absolute atomic E-state index is 0.535. The number of thiocarbonyl (C=S) groups is 1. The Hall–Kier alpha value is -2.31. The Balaban J connectivity index is 0.000000707. The summed E-state index contributed by atoms with van der Waals surface area (Å²) in [6, 6.07) is 15.3. The molecule has 0 bridgehead atoms. The first-order chi connectivity index (χ1) is 29.8. The first-order valence-electron chi connectivity index (χ1n) is 26.2. The molecule has 61 heavy (non-hydrogen) atoms. The van der Waals surface area contributed by atoms with Crippen LogP contribution in [0.1, 0.15) is 233 Å². The fraction of sp³-hybridized carbons (Fsp3) is 0.764. The Labute approximate surface area is 385 Å². The van der Waals surface area contributed by atoms with Gasteiger partial charge in [0, 0.05) is 11.4 Å². The lowest BCUT2D eigenvalue weighted by molar-refractivity contribution is -0.890. The predicted octanol–water partition coefficient (Wildman–Crippen LogP) is 17.9. The molecule has 0 radical (unpaired) electrons.